The number of hydrogen-bond acceptors (Lipinski definition) is 2. The van der Waals surface area contributed by atoms with Crippen LogP contribution in [-0.4, -0.2) is 16.5 Å². The molecule has 1 aromatic rings. The molecule has 1 aliphatic carbocycles. The van der Waals surface area contributed by atoms with Gasteiger partial charge in [-0.2, -0.15) is 4.79 Å². The van der Waals surface area contributed by atoms with E-state index in [1.807, 2.05) is 30.3 Å². The van der Waals surface area contributed by atoms with Crippen molar-refractivity contribution < 1.29 is 9.53 Å². The monoisotopic (exact) mass is 275 g/mol. The summed E-state index contributed by atoms with van der Waals surface area (Å²) in [5, 5.41) is 0.368. The maximum atomic E-state index is 9.06. The van der Waals surface area contributed by atoms with Gasteiger partial charge < -0.3 is 16.0 Å². The Hall–Kier alpha value is -1.87. The molecule has 1 unspecified atom stereocenters. The Bertz CT molecular complexity index is 613. The third-order valence-electron chi connectivity index (χ3n) is 3.10. The van der Waals surface area contributed by atoms with Gasteiger partial charge >= 0.3 is 5.71 Å². The van der Waals surface area contributed by atoms with Crippen molar-refractivity contribution in [3.05, 3.63) is 57.8 Å². The molecule has 0 bridgehead atoms. The normalized spacial score (nSPS) is 19.6. The van der Waals surface area contributed by atoms with Gasteiger partial charge in [0.25, 0.3) is 0 Å². The first-order valence-electron chi connectivity index (χ1n) is 5.84. The Morgan fingerprint density at radius 2 is 1.89 bits per heavy atom. The van der Waals surface area contributed by atoms with E-state index in [-0.39, 0.29) is 0 Å². The van der Waals surface area contributed by atoms with Gasteiger partial charge in [-0.25, -0.2) is 0 Å². The van der Waals surface area contributed by atoms with Gasteiger partial charge in [-0.15, -0.1) is 0 Å². The summed E-state index contributed by atoms with van der Waals surface area (Å²) in [5.41, 5.74) is 16.8. The average Bonchev–Trinajstić information content (AvgIpc) is 2.43. The molecule has 4 nitrogen and oxygen atoms in total. The number of ether oxygens (including phenoxy) is 1. The second kappa shape index (κ2) is 5.41. The number of rotatable bonds is 2. The lowest BCUT2D eigenvalue weighted by molar-refractivity contribution is -0.00348. The molecule has 0 amide bonds. The summed E-state index contributed by atoms with van der Waals surface area (Å²) in [5.74, 6) is 1.22. The van der Waals surface area contributed by atoms with Crippen molar-refractivity contribution in [1.29, 1.82) is 0 Å². The number of benzene rings is 1. The minimum Gasteiger partial charge on any atom is -0.459 e. The van der Waals surface area contributed by atoms with Gasteiger partial charge in [-0.1, -0.05) is 29.8 Å². The Balaban J connectivity index is 2.44. The fourth-order valence-electron chi connectivity index (χ4n) is 1.91. The lowest BCUT2D eigenvalue weighted by atomic mass is 9.93. The highest BCUT2D eigenvalue weighted by Gasteiger charge is 2.34. The van der Waals surface area contributed by atoms with Gasteiger partial charge in [-0.05, 0) is 31.6 Å². The molecular weight excluding hydrogens is 262 g/mol. The van der Waals surface area contributed by atoms with Crippen molar-refractivity contribution in [1.82, 2.24) is 0 Å². The van der Waals surface area contributed by atoms with Crippen LogP contribution < -0.4 is 10.5 Å². The minimum atomic E-state index is -0.446. The maximum Gasteiger partial charge on any atom is 0.340 e. The van der Waals surface area contributed by atoms with Crippen molar-refractivity contribution in [2.45, 2.75) is 19.9 Å². The fourth-order valence-corrected chi connectivity index (χ4v) is 2.21. The first kappa shape index (κ1) is 13.6. The topological polar surface area (TPSA) is 71.7 Å². The van der Waals surface area contributed by atoms with Gasteiger partial charge in [0.05, 0.1) is 11.6 Å². The van der Waals surface area contributed by atoms with Crippen LogP contribution >= 0.6 is 11.6 Å². The van der Waals surface area contributed by atoms with Gasteiger partial charge in [0.1, 0.15) is 16.5 Å². The molecule has 2 rings (SSSR count). The standard InChI is InChI=1S/C14H14ClN3O/c1-8-11(15)13(18-17)9(2)14(12(8)16)19-10-6-4-3-5-7-10/h3-7,12H,16H2,1-2H3. The first-order valence-corrected chi connectivity index (χ1v) is 6.22. The van der Waals surface area contributed by atoms with Crippen molar-refractivity contribution in [3.63, 3.8) is 0 Å². The molecule has 0 aromatic heterocycles. The molecule has 0 fully saturated rings. The SMILES string of the molecule is CC1=C(Oc2ccccc2)C(N)C(C)=C(Cl)C1=[N+]=[N-]. The van der Waals surface area contributed by atoms with Crippen molar-refractivity contribution in [3.8, 4) is 5.75 Å². The predicted octanol–water partition coefficient (Wildman–Crippen LogP) is 2.86. The zero-order valence-electron chi connectivity index (χ0n) is 10.7. The van der Waals surface area contributed by atoms with E-state index in [9.17, 15) is 0 Å². The van der Waals surface area contributed by atoms with Crippen LogP contribution in [0.1, 0.15) is 13.8 Å². The lowest BCUT2D eigenvalue weighted by Crippen LogP contribution is -2.34. The summed E-state index contributed by atoms with van der Waals surface area (Å²) in [4.78, 5) is 3.22. The molecule has 5 heteroatoms. The van der Waals surface area contributed by atoms with E-state index in [1.54, 1.807) is 13.8 Å². The average molecular weight is 276 g/mol. The number of halogens is 1. The maximum absolute atomic E-state index is 9.06. The van der Waals surface area contributed by atoms with E-state index < -0.39 is 6.04 Å². The Morgan fingerprint density at radius 3 is 2.47 bits per heavy atom. The van der Waals surface area contributed by atoms with Crippen LogP contribution in [0.4, 0.5) is 0 Å². The Labute approximate surface area is 116 Å². The largest absolute Gasteiger partial charge is 0.459 e. The molecular formula is C14H14ClN3O. The Kier molecular flexibility index (Phi) is 3.86. The number of nitrogens with two attached hydrogens (primary N) is 1. The zero-order chi connectivity index (χ0) is 14.0. The fraction of sp³-hybridized carbons (Fsp3) is 0.214. The molecule has 1 aliphatic rings. The Morgan fingerprint density at radius 1 is 1.26 bits per heavy atom. The molecule has 19 heavy (non-hydrogen) atoms. The molecule has 0 saturated heterocycles. The van der Waals surface area contributed by atoms with Crippen molar-refractivity contribution in [2.75, 3.05) is 0 Å². The number of hydrogen-bond donors (Lipinski definition) is 1. The van der Waals surface area contributed by atoms with Gasteiger partial charge in [0.15, 0.2) is 0 Å². The number of para-hydroxylation sites is 1. The molecule has 1 aromatic carbocycles. The van der Waals surface area contributed by atoms with Crippen LogP contribution in [-0.2, 0) is 0 Å². The van der Waals surface area contributed by atoms with Crippen molar-refractivity contribution >= 4 is 17.3 Å². The second-order valence-electron chi connectivity index (χ2n) is 4.33. The van der Waals surface area contributed by atoms with Crippen LogP contribution in [0.2, 0.25) is 0 Å². The lowest BCUT2D eigenvalue weighted by Gasteiger charge is -2.23. The summed E-state index contributed by atoms with van der Waals surface area (Å²) >= 11 is 6.11. The smallest absolute Gasteiger partial charge is 0.340 e. The number of allylic oxidation sites excluding steroid dienone is 2. The summed E-state index contributed by atoms with van der Waals surface area (Å²) in [6.45, 7) is 3.56. The van der Waals surface area contributed by atoms with E-state index in [0.717, 1.165) is 0 Å². The third kappa shape index (κ3) is 2.47. The number of nitrogens with zero attached hydrogens (tertiary/aromatic N) is 2. The van der Waals surface area contributed by atoms with E-state index in [1.165, 1.54) is 0 Å². The molecule has 0 radical (unpaired) electrons. The summed E-state index contributed by atoms with van der Waals surface area (Å²) in [7, 11) is 0. The quantitative estimate of drug-likeness (QED) is 0.666. The first-order chi connectivity index (χ1) is 9.06. The molecule has 0 aliphatic heterocycles. The van der Waals surface area contributed by atoms with Gasteiger partial charge in [-0.3, -0.25) is 0 Å². The predicted molar refractivity (Wildman–Crippen MR) is 74.9 cm³/mol. The molecule has 1 atom stereocenters. The van der Waals surface area contributed by atoms with Crippen LogP contribution in [0, 0.1) is 0 Å². The van der Waals surface area contributed by atoms with Crippen LogP contribution in [0.25, 0.3) is 5.53 Å². The van der Waals surface area contributed by atoms with E-state index in [4.69, 9.17) is 27.6 Å². The highest BCUT2D eigenvalue weighted by atomic mass is 35.5. The highest BCUT2D eigenvalue weighted by molar-refractivity contribution is 6.46. The van der Waals surface area contributed by atoms with Gasteiger partial charge in [0.2, 0.25) is 0 Å². The van der Waals surface area contributed by atoms with Crippen LogP contribution in [0.5, 0.6) is 5.75 Å². The summed E-state index contributed by atoms with van der Waals surface area (Å²) < 4.78 is 5.80. The summed E-state index contributed by atoms with van der Waals surface area (Å²) in [6.07, 6.45) is 0. The summed E-state index contributed by atoms with van der Waals surface area (Å²) in [6, 6.07) is 8.86. The van der Waals surface area contributed by atoms with Crippen molar-refractivity contribution in [2.24, 2.45) is 5.73 Å². The van der Waals surface area contributed by atoms with E-state index >= 15 is 0 Å². The molecule has 0 spiro atoms. The van der Waals surface area contributed by atoms with Crippen LogP contribution in [0.15, 0.2) is 52.3 Å². The second-order valence-corrected chi connectivity index (χ2v) is 4.71. The molecule has 0 heterocycles. The van der Waals surface area contributed by atoms with E-state index in [0.29, 0.717) is 33.4 Å². The highest BCUT2D eigenvalue weighted by Crippen LogP contribution is 2.30. The minimum absolute atomic E-state index is 0.298. The molecule has 98 valence electrons. The van der Waals surface area contributed by atoms with E-state index in [2.05, 4.69) is 4.79 Å². The third-order valence-corrected chi connectivity index (χ3v) is 3.58. The molecule has 2 N–H and O–H groups in total. The van der Waals surface area contributed by atoms with Crippen LogP contribution in [0.3, 0.4) is 0 Å². The van der Waals surface area contributed by atoms with Gasteiger partial charge in [0, 0.05) is 0 Å². The zero-order valence-corrected chi connectivity index (χ0v) is 11.5. The molecule has 0 saturated carbocycles.